The number of anilines is 1. The van der Waals surface area contributed by atoms with E-state index in [9.17, 15) is 9.59 Å². The van der Waals surface area contributed by atoms with Gasteiger partial charge in [0.25, 0.3) is 0 Å². The van der Waals surface area contributed by atoms with Gasteiger partial charge in [0.05, 0.1) is 13.2 Å². The highest BCUT2D eigenvalue weighted by molar-refractivity contribution is 6.32. The number of carbonyl (C=O) groups is 1. The van der Waals surface area contributed by atoms with Crippen LogP contribution in [0, 0.1) is 0 Å². The van der Waals surface area contributed by atoms with Crippen LogP contribution in [0.15, 0.2) is 51.7 Å². The molecule has 31 heavy (non-hydrogen) atoms. The average molecular weight is 441 g/mol. The summed E-state index contributed by atoms with van der Waals surface area (Å²) in [6, 6.07) is 12.2. The lowest BCUT2D eigenvalue weighted by Gasteiger charge is -2.24. The molecule has 1 N–H and O–H groups in total. The van der Waals surface area contributed by atoms with E-state index >= 15 is 0 Å². The Balaban J connectivity index is 1.56. The first kappa shape index (κ1) is 21.4. The zero-order valence-electron chi connectivity index (χ0n) is 17.6. The van der Waals surface area contributed by atoms with Crippen molar-refractivity contribution in [3.63, 3.8) is 0 Å². The highest BCUT2D eigenvalue weighted by Gasteiger charge is 2.31. The number of amides is 1. The first-order valence-corrected chi connectivity index (χ1v) is 10.8. The van der Waals surface area contributed by atoms with Crippen molar-refractivity contribution in [1.29, 1.82) is 0 Å². The van der Waals surface area contributed by atoms with Gasteiger partial charge in [-0.15, -0.1) is 0 Å². The van der Waals surface area contributed by atoms with Crippen LogP contribution in [0.4, 0.5) is 5.69 Å². The largest absolute Gasteiger partial charge is 0.497 e. The molecule has 7 heteroatoms. The number of hydrogen-bond acceptors (Lipinski definition) is 5. The Labute approximate surface area is 185 Å². The van der Waals surface area contributed by atoms with E-state index in [1.54, 1.807) is 7.11 Å². The zero-order chi connectivity index (χ0) is 22.0. The highest BCUT2D eigenvalue weighted by Crippen LogP contribution is 2.29. The first-order chi connectivity index (χ1) is 15.0. The van der Waals surface area contributed by atoms with E-state index in [-0.39, 0.29) is 11.9 Å². The van der Waals surface area contributed by atoms with Crippen molar-refractivity contribution in [3.8, 4) is 5.75 Å². The molecule has 162 valence electrons. The molecule has 0 bridgehead atoms. The summed E-state index contributed by atoms with van der Waals surface area (Å²) in [5.41, 5.74) is 2.61. The summed E-state index contributed by atoms with van der Waals surface area (Å²) in [6.45, 7) is 3.26. The third-order valence-corrected chi connectivity index (χ3v) is 6.13. The third-order valence-electron chi connectivity index (χ3n) is 5.78. The molecular weight excluding hydrogens is 416 g/mol. The number of fused-ring (bicyclic) bond motifs is 1. The van der Waals surface area contributed by atoms with Crippen molar-refractivity contribution in [2.75, 3.05) is 19.0 Å². The number of rotatable bonds is 6. The lowest BCUT2D eigenvalue weighted by atomic mass is 10.1. The number of benzene rings is 2. The fourth-order valence-electron chi connectivity index (χ4n) is 4.12. The summed E-state index contributed by atoms with van der Waals surface area (Å²) in [5, 5.41) is 4.45. The molecule has 3 aromatic rings. The predicted octanol–water partition coefficient (Wildman–Crippen LogP) is 4.62. The Kier molecular flexibility index (Phi) is 6.30. The smallest absolute Gasteiger partial charge is 0.336 e. The number of aryl methyl sites for hydroxylation is 1. The summed E-state index contributed by atoms with van der Waals surface area (Å²) >= 11 is 6.42. The van der Waals surface area contributed by atoms with Crippen LogP contribution in [0.5, 0.6) is 5.75 Å². The Hall–Kier alpha value is -2.83. The zero-order valence-corrected chi connectivity index (χ0v) is 18.4. The van der Waals surface area contributed by atoms with E-state index in [0.717, 1.165) is 53.8 Å². The van der Waals surface area contributed by atoms with Gasteiger partial charge in [0.2, 0.25) is 5.91 Å². The van der Waals surface area contributed by atoms with Crippen LogP contribution >= 0.6 is 11.6 Å². The molecule has 1 aromatic heterocycles. The fourth-order valence-corrected chi connectivity index (χ4v) is 4.42. The fraction of sp³-hybridized carbons (Fsp3) is 0.333. The summed E-state index contributed by atoms with van der Waals surface area (Å²) in [6.07, 6.45) is 2.44. The number of halogens is 1. The van der Waals surface area contributed by atoms with E-state index in [4.69, 9.17) is 20.8 Å². The SMILES string of the molecule is CCc1cc2oc(=O)cc(CN3CCCC3C(=O)Nc3ccc(OC)cc3)c2cc1Cl. The Bertz CT molecular complexity index is 1160. The van der Waals surface area contributed by atoms with Crippen molar-refractivity contribution < 1.29 is 13.9 Å². The van der Waals surface area contributed by atoms with Gasteiger partial charge in [-0.1, -0.05) is 18.5 Å². The summed E-state index contributed by atoms with van der Waals surface area (Å²) in [5.74, 6) is 0.682. The van der Waals surface area contributed by atoms with Gasteiger partial charge < -0.3 is 14.5 Å². The van der Waals surface area contributed by atoms with Crippen LogP contribution in [0.3, 0.4) is 0 Å². The molecule has 0 spiro atoms. The van der Waals surface area contributed by atoms with Crippen LogP contribution in [0.25, 0.3) is 11.0 Å². The van der Waals surface area contributed by atoms with Crippen molar-refractivity contribution in [1.82, 2.24) is 4.90 Å². The molecule has 1 saturated heterocycles. The quantitative estimate of drug-likeness (QED) is 0.566. The lowest BCUT2D eigenvalue weighted by molar-refractivity contribution is -0.120. The standard InChI is InChI=1S/C24H25ClN2O4/c1-3-15-11-22-19(13-20(15)25)16(12-23(28)31-22)14-27-10-4-5-21(27)24(29)26-17-6-8-18(30-2)9-7-17/h6-9,11-13,21H,3-5,10,14H2,1-2H3,(H,26,29). The van der Waals surface area contributed by atoms with Gasteiger partial charge in [-0.3, -0.25) is 9.69 Å². The van der Waals surface area contributed by atoms with Gasteiger partial charge in [-0.25, -0.2) is 4.79 Å². The van der Waals surface area contributed by atoms with Crippen molar-refractivity contribution in [2.24, 2.45) is 0 Å². The van der Waals surface area contributed by atoms with E-state index in [2.05, 4.69) is 10.2 Å². The Morgan fingerprint density at radius 1 is 1.23 bits per heavy atom. The molecule has 2 heterocycles. The van der Waals surface area contributed by atoms with Crippen LogP contribution < -0.4 is 15.7 Å². The van der Waals surface area contributed by atoms with Crippen LogP contribution in [0.2, 0.25) is 5.02 Å². The first-order valence-electron chi connectivity index (χ1n) is 10.4. The van der Waals surface area contributed by atoms with Gasteiger partial charge in [-0.05, 0) is 73.3 Å². The van der Waals surface area contributed by atoms with Crippen molar-refractivity contribution in [3.05, 3.63) is 69.0 Å². The summed E-state index contributed by atoms with van der Waals surface area (Å²) in [7, 11) is 1.61. The molecular formula is C24H25ClN2O4. The highest BCUT2D eigenvalue weighted by atomic mass is 35.5. The lowest BCUT2D eigenvalue weighted by Crippen LogP contribution is -2.39. The molecule has 1 aliphatic rings. The number of likely N-dealkylation sites (tertiary alicyclic amines) is 1. The Morgan fingerprint density at radius 3 is 2.71 bits per heavy atom. The van der Waals surface area contributed by atoms with Gasteiger partial charge in [0.15, 0.2) is 0 Å². The molecule has 1 unspecified atom stereocenters. The average Bonchev–Trinajstić information content (AvgIpc) is 3.22. The summed E-state index contributed by atoms with van der Waals surface area (Å²) in [4.78, 5) is 27.2. The maximum absolute atomic E-state index is 13.0. The topological polar surface area (TPSA) is 71.8 Å². The third kappa shape index (κ3) is 4.60. The molecule has 1 amide bonds. The maximum atomic E-state index is 13.0. The van der Waals surface area contributed by atoms with Crippen LogP contribution in [-0.2, 0) is 17.8 Å². The molecule has 4 rings (SSSR count). The second-order valence-electron chi connectivity index (χ2n) is 7.73. The molecule has 0 aliphatic carbocycles. The maximum Gasteiger partial charge on any atom is 0.336 e. The van der Waals surface area contributed by atoms with E-state index in [1.165, 1.54) is 6.07 Å². The van der Waals surface area contributed by atoms with Gasteiger partial charge in [0.1, 0.15) is 11.3 Å². The van der Waals surface area contributed by atoms with E-state index in [0.29, 0.717) is 17.2 Å². The van der Waals surface area contributed by atoms with Crippen LogP contribution in [0.1, 0.15) is 30.9 Å². The molecule has 0 saturated carbocycles. The van der Waals surface area contributed by atoms with Gasteiger partial charge in [0, 0.05) is 28.7 Å². The molecule has 0 radical (unpaired) electrons. The molecule has 1 aliphatic heterocycles. The van der Waals surface area contributed by atoms with Crippen molar-refractivity contribution in [2.45, 2.75) is 38.8 Å². The van der Waals surface area contributed by atoms with Gasteiger partial charge >= 0.3 is 5.63 Å². The second kappa shape index (κ2) is 9.12. The molecule has 6 nitrogen and oxygen atoms in total. The normalized spacial score (nSPS) is 16.5. The molecule has 2 aromatic carbocycles. The number of carbonyl (C=O) groups excluding carboxylic acids is 1. The minimum atomic E-state index is -0.398. The Morgan fingerprint density at radius 2 is 2.00 bits per heavy atom. The number of ether oxygens (including phenoxy) is 1. The molecule has 1 atom stereocenters. The van der Waals surface area contributed by atoms with Crippen LogP contribution in [-0.4, -0.2) is 30.5 Å². The summed E-state index contributed by atoms with van der Waals surface area (Å²) < 4.78 is 10.6. The van der Waals surface area contributed by atoms with E-state index in [1.807, 2.05) is 43.3 Å². The second-order valence-corrected chi connectivity index (χ2v) is 8.14. The van der Waals surface area contributed by atoms with Gasteiger partial charge in [-0.2, -0.15) is 0 Å². The predicted molar refractivity (Wildman–Crippen MR) is 122 cm³/mol. The monoisotopic (exact) mass is 440 g/mol. The minimum absolute atomic E-state index is 0.0544. The number of nitrogens with zero attached hydrogens (tertiary/aromatic N) is 1. The minimum Gasteiger partial charge on any atom is -0.497 e. The number of methoxy groups -OCH3 is 1. The molecule has 1 fully saturated rings. The number of hydrogen-bond donors (Lipinski definition) is 1. The van der Waals surface area contributed by atoms with Crippen molar-refractivity contribution >= 4 is 34.2 Å². The van der Waals surface area contributed by atoms with E-state index < -0.39 is 5.63 Å². The number of nitrogens with one attached hydrogen (secondary N) is 1.